The highest BCUT2D eigenvalue weighted by Gasteiger charge is 2.14. The summed E-state index contributed by atoms with van der Waals surface area (Å²) >= 11 is 11.0. The molecule has 2 aromatic carbocycles. The maximum Gasteiger partial charge on any atom is 0.174 e. The van der Waals surface area contributed by atoms with Crippen molar-refractivity contribution in [3.05, 3.63) is 64.2 Å². The number of hydrogen-bond acceptors (Lipinski definition) is 3. The summed E-state index contributed by atoms with van der Waals surface area (Å²) in [6, 6.07) is 17.8. The minimum Gasteiger partial charge on any atom is -0.287 e. The van der Waals surface area contributed by atoms with E-state index in [-0.39, 0.29) is 0 Å². The van der Waals surface area contributed by atoms with Gasteiger partial charge in [-0.2, -0.15) is 5.26 Å². The van der Waals surface area contributed by atoms with E-state index in [0.717, 1.165) is 26.6 Å². The standard InChI is InChI=1S/C17H11BrClN3S/c18-13-6-4-12(5-7-13)16-11-21-17(23-9-8-20)22(16)15-3-1-2-14(19)10-15/h1-7,10-11H,9H2. The Bertz CT molecular complexity index is 868. The maximum absolute atomic E-state index is 8.85. The zero-order valence-corrected chi connectivity index (χ0v) is 15.1. The van der Waals surface area contributed by atoms with Crippen molar-refractivity contribution in [1.82, 2.24) is 9.55 Å². The number of thioether (sulfide) groups is 1. The van der Waals surface area contributed by atoms with Gasteiger partial charge in [0, 0.05) is 20.7 Å². The van der Waals surface area contributed by atoms with Crippen molar-refractivity contribution >= 4 is 39.3 Å². The largest absolute Gasteiger partial charge is 0.287 e. The summed E-state index contributed by atoms with van der Waals surface area (Å²) < 4.78 is 3.05. The fourth-order valence-corrected chi connectivity index (χ4v) is 3.33. The maximum atomic E-state index is 8.85. The summed E-state index contributed by atoms with van der Waals surface area (Å²) in [5.41, 5.74) is 2.93. The lowest BCUT2D eigenvalue weighted by atomic mass is 10.1. The average molecular weight is 405 g/mol. The normalized spacial score (nSPS) is 10.5. The van der Waals surface area contributed by atoms with E-state index in [4.69, 9.17) is 16.9 Å². The molecule has 0 unspecified atom stereocenters. The quantitative estimate of drug-likeness (QED) is 0.534. The lowest BCUT2D eigenvalue weighted by Gasteiger charge is -2.12. The first kappa shape index (κ1) is 16.1. The van der Waals surface area contributed by atoms with Gasteiger partial charge >= 0.3 is 0 Å². The minimum absolute atomic E-state index is 0.345. The fourth-order valence-electron chi connectivity index (χ4n) is 2.22. The number of hydrogen-bond donors (Lipinski definition) is 0. The number of halogens is 2. The van der Waals surface area contributed by atoms with Crippen LogP contribution in [0.1, 0.15) is 0 Å². The number of aromatic nitrogens is 2. The molecule has 0 aliphatic heterocycles. The van der Waals surface area contributed by atoms with Crippen LogP contribution in [0.5, 0.6) is 0 Å². The molecular weight excluding hydrogens is 394 g/mol. The molecule has 23 heavy (non-hydrogen) atoms. The van der Waals surface area contributed by atoms with E-state index >= 15 is 0 Å². The second kappa shape index (κ2) is 7.22. The number of nitrogens with zero attached hydrogens (tertiary/aromatic N) is 3. The van der Waals surface area contributed by atoms with Crippen molar-refractivity contribution in [2.24, 2.45) is 0 Å². The minimum atomic E-state index is 0.345. The molecule has 0 N–H and O–H groups in total. The molecule has 0 saturated heterocycles. The summed E-state index contributed by atoms with van der Waals surface area (Å²) in [6.45, 7) is 0. The van der Waals surface area contributed by atoms with Gasteiger partial charge in [-0.1, -0.05) is 57.5 Å². The van der Waals surface area contributed by atoms with Crippen LogP contribution in [0.2, 0.25) is 5.02 Å². The molecule has 1 heterocycles. The van der Waals surface area contributed by atoms with Crippen molar-refractivity contribution in [3.63, 3.8) is 0 Å². The van der Waals surface area contributed by atoms with Crippen molar-refractivity contribution in [1.29, 1.82) is 5.26 Å². The van der Waals surface area contributed by atoms with Gasteiger partial charge in [0.25, 0.3) is 0 Å². The molecule has 3 rings (SSSR count). The van der Waals surface area contributed by atoms with Crippen LogP contribution in [0, 0.1) is 11.3 Å². The van der Waals surface area contributed by atoms with Gasteiger partial charge in [-0.15, -0.1) is 0 Å². The second-order valence-electron chi connectivity index (χ2n) is 4.69. The molecule has 0 atom stereocenters. The average Bonchev–Trinajstić information content (AvgIpc) is 2.97. The Hall–Kier alpha value is -1.74. The molecule has 0 radical (unpaired) electrons. The van der Waals surface area contributed by atoms with Gasteiger partial charge < -0.3 is 0 Å². The van der Waals surface area contributed by atoms with Crippen LogP contribution in [0.25, 0.3) is 16.9 Å². The van der Waals surface area contributed by atoms with E-state index in [0.29, 0.717) is 10.8 Å². The topological polar surface area (TPSA) is 41.6 Å². The molecule has 0 fully saturated rings. The lowest BCUT2D eigenvalue weighted by molar-refractivity contribution is 0.902. The van der Waals surface area contributed by atoms with Gasteiger partial charge in [-0.3, -0.25) is 4.57 Å². The summed E-state index contributed by atoms with van der Waals surface area (Å²) in [4.78, 5) is 4.48. The van der Waals surface area contributed by atoms with Gasteiger partial charge in [-0.05, 0) is 30.3 Å². The highest BCUT2D eigenvalue weighted by atomic mass is 79.9. The zero-order chi connectivity index (χ0) is 16.2. The molecule has 0 aliphatic carbocycles. The van der Waals surface area contributed by atoms with E-state index in [1.54, 1.807) is 0 Å². The van der Waals surface area contributed by atoms with Gasteiger partial charge in [0.2, 0.25) is 0 Å². The van der Waals surface area contributed by atoms with E-state index in [1.165, 1.54) is 11.8 Å². The third kappa shape index (κ3) is 3.61. The molecule has 6 heteroatoms. The van der Waals surface area contributed by atoms with Gasteiger partial charge in [0.05, 0.1) is 23.7 Å². The highest BCUT2D eigenvalue weighted by Crippen LogP contribution is 2.31. The Kier molecular flexibility index (Phi) is 5.06. The highest BCUT2D eigenvalue weighted by molar-refractivity contribution is 9.10. The molecule has 114 valence electrons. The Morgan fingerprint density at radius 3 is 2.70 bits per heavy atom. The number of benzene rings is 2. The molecule has 0 bridgehead atoms. The Balaban J connectivity index is 2.15. The van der Waals surface area contributed by atoms with Crippen LogP contribution in [-0.4, -0.2) is 15.3 Å². The van der Waals surface area contributed by atoms with Crippen LogP contribution in [0.3, 0.4) is 0 Å². The monoisotopic (exact) mass is 403 g/mol. The predicted octanol–water partition coefficient (Wildman–Crippen LogP) is 5.57. The molecule has 0 amide bonds. The van der Waals surface area contributed by atoms with Crippen LogP contribution in [0.4, 0.5) is 0 Å². The molecule has 3 aromatic rings. The Morgan fingerprint density at radius 1 is 1.22 bits per heavy atom. The lowest BCUT2D eigenvalue weighted by Crippen LogP contribution is -1.99. The summed E-state index contributed by atoms with van der Waals surface area (Å²) in [5, 5.41) is 10.3. The summed E-state index contributed by atoms with van der Waals surface area (Å²) in [7, 11) is 0. The molecule has 0 aliphatic rings. The molecular formula is C17H11BrClN3S. The third-order valence-electron chi connectivity index (χ3n) is 3.20. The molecule has 0 saturated carbocycles. The predicted molar refractivity (Wildman–Crippen MR) is 98.0 cm³/mol. The van der Waals surface area contributed by atoms with Crippen LogP contribution in [0.15, 0.2) is 64.4 Å². The smallest absolute Gasteiger partial charge is 0.174 e. The number of rotatable bonds is 4. The van der Waals surface area contributed by atoms with E-state index in [1.807, 2.05) is 59.3 Å². The van der Waals surface area contributed by atoms with Gasteiger partial charge in [0.15, 0.2) is 5.16 Å². The van der Waals surface area contributed by atoms with E-state index in [2.05, 4.69) is 27.0 Å². The Morgan fingerprint density at radius 2 is 2.00 bits per heavy atom. The third-order valence-corrected chi connectivity index (χ3v) is 4.79. The fraction of sp³-hybridized carbons (Fsp3) is 0.0588. The zero-order valence-electron chi connectivity index (χ0n) is 11.9. The number of imidazole rings is 1. The summed E-state index contributed by atoms with van der Waals surface area (Å²) in [5.74, 6) is 0.345. The first-order valence-electron chi connectivity index (χ1n) is 6.78. The second-order valence-corrected chi connectivity index (χ2v) is 6.99. The SMILES string of the molecule is N#CCSc1ncc(-c2ccc(Br)cc2)n1-c1cccc(Cl)c1. The first-order valence-corrected chi connectivity index (χ1v) is 8.94. The van der Waals surface area contributed by atoms with Crippen LogP contribution in [-0.2, 0) is 0 Å². The van der Waals surface area contributed by atoms with E-state index in [9.17, 15) is 0 Å². The van der Waals surface area contributed by atoms with Gasteiger partial charge in [0.1, 0.15) is 0 Å². The Labute approximate surface area is 152 Å². The van der Waals surface area contributed by atoms with Crippen molar-refractivity contribution in [2.45, 2.75) is 5.16 Å². The van der Waals surface area contributed by atoms with Crippen molar-refractivity contribution < 1.29 is 0 Å². The number of nitriles is 1. The van der Waals surface area contributed by atoms with Crippen LogP contribution >= 0.6 is 39.3 Å². The van der Waals surface area contributed by atoms with Crippen molar-refractivity contribution in [3.8, 4) is 23.0 Å². The summed E-state index contributed by atoms with van der Waals surface area (Å²) in [6.07, 6.45) is 1.82. The first-order chi connectivity index (χ1) is 11.2. The molecule has 3 nitrogen and oxygen atoms in total. The van der Waals surface area contributed by atoms with Crippen LogP contribution < -0.4 is 0 Å². The molecule has 0 spiro atoms. The van der Waals surface area contributed by atoms with Gasteiger partial charge in [-0.25, -0.2) is 4.98 Å². The van der Waals surface area contributed by atoms with E-state index < -0.39 is 0 Å². The molecule has 1 aromatic heterocycles. The van der Waals surface area contributed by atoms with Crippen molar-refractivity contribution in [2.75, 3.05) is 5.75 Å².